The highest BCUT2D eigenvalue weighted by Crippen LogP contribution is 2.34. The van der Waals surface area contributed by atoms with Crippen LogP contribution in [0.1, 0.15) is 25.7 Å². The highest BCUT2D eigenvalue weighted by Gasteiger charge is 2.40. The summed E-state index contributed by atoms with van der Waals surface area (Å²) >= 11 is 0. The molecule has 0 aromatic heterocycles. The van der Waals surface area contributed by atoms with E-state index in [2.05, 4.69) is 10.2 Å². The van der Waals surface area contributed by atoms with E-state index in [1.807, 2.05) is 7.11 Å². The minimum Gasteiger partial charge on any atom is -0.384 e. The summed E-state index contributed by atoms with van der Waals surface area (Å²) in [6.45, 7) is 4.84. The third-order valence-electron chi connectivity index (χ3n) is 4.70. The third kappa shape index (κ3) is 2.13. The fraction of sp³-hybridized carbons (Fsp3) is 1.00. The van der Waals surface area contributed by atoms with Crippen molar-refractivity contribution >= 4 is 0 Å². The van der Waals surface area contributed by atoms with Crippen molar-refractivity contribution in [1.29, 1.82) is 0 Å². The smallest absolute Gasteiger partial charge is 0.0503 e. The molecule has 16 heavy (non-hydrogen) atoms. The molecule has 0 aromatic rings. The second-order valence-corrected chi connectivity index (χ2v) is 5.91. The lowest BCUT2D eigenvalue weighted by Crippen LogP contribution is -2.34. The van der Waals surface area contributed by atoms with Crippen LogP contribution in [0, 0.1) is 11.8 Å². The molecule has 3 saturated heterocycles. The van der Waals surface area contributed by atoms with Gasteiger partial charge in [-0.3, -0.25) is 0 Å². The topological polar surface area (TPSA) is 24.5 Å². The maximum Gasteiger partial charge on any atom is 0.0503 e. The second-order valence-electron chi connectivity index (χ2n) is 5.91. The van der Waals surface area contributed by atoms with Crippen LogP contribution in [0.4, 0.5) is 0 Å². The summed E-state index contributed by atoms with van der Waals surface area (Å²) in [6.07, 6.45) is 5.61. The molecule has 4 atom stereocenters. The molecule has 3 rings (SSSR count). The molecule has 0 amide bonds. The van der Waals surface area contributed by atoms with Crippen LogP contribution in [0.5, 0.6) is 0 Å². The first-order valence-corrected chi connectivity index (χ1v) is 6.82. The predicted molar refractivity (Wildman–Crippen MR) is 64.5 cm³/mol. The van der Waals surface area contributed by atoms with E-state index in [4.69, 9.17) is 4.74 Å². The lowest BCUT2D eigenvalue weighted by Gasteiger charge is -2.25. The molecule has 3 fully saturated rings. The molecule has 0 aromatic carbocycles. The normalized spacial score (nSPS) is 43.3. The summed E-state index contributed by atoms with van der Waals surface area (Å²) in [5.74, 6) is 1.72. The minimum absolute atomic E-state index is 0.788. The van der Waals surface area contributed by atoms with E-state index in [0.29, 0.717) is 0 Å². The summed E-state index contributed by atoms with van der Waals surface area (Å²) < 4.78 is 5.25. The molecule has 3 aliphatic heterocycles. The van der Waals surface area contributed by atoms with Gasteiger partial charge in [0, 0.05) is 32.3 Å². The van der Waals surface area contributed by atoms with Crippen LogP contribution in [-0.4, -0.2) is 50.3 Å². The highest BCUT2D eigenvalue weighted by atomic mass is 16.5. The molecule has 0 saturated carbocycles. The van der Waals surface area contributed by atoms with Gasteiger partial charge in [0.2, 0.25) is 0 Å². The number of nitrogens with zero attached hydrogens (tertiary/aromatic N) is 1. The molecule has 3 heterocycles. The zero-order valence-corrected chi connectivity index (χ0v) is 10.3. The minimum atomic E-state index is 0.788. The standard InChI is InChI=1S/C13H24N2O/c1-16-9-10-4-5-15(7-10)8-11-6-12-2-3-13(11)14-12/h10-14H,2-9H2,1H3. The first-order valence-electron chi connectivity index (χ1n) is 6.82. The zero-order chi connectivity index (χ0) is 11.0. The largest absolute Gasteiger partial charge is 0.384 e. The Hall–Kier alpha value is -0.120. The van der Waals surface area contributed by atoms with E-state index >= 15 is 0 Å². The Morgan fingerprint density at radius 1 is 1.31 bits per heavy atom. The van der Waals surface area contributed by atoms with Crippen molar-refractivity contribution in [3.8, 4) is 0 Å². The average molecular weight is 224 g/mol. The van der Waals surface area contributed by atoms with Crippen LogP contribution in [-0.2, 0) is 4.74 Å². The Labute approximate surface area is 98.5 Å². The van der Waals surface area contributed by atoms with Gasteiger partial charge in [0.15, 0.2) is 0 Å². The van der Waals surface area contributed by atoms with Crippen LogP contribution in [0.15, 0.2) is 0 Å². The maximum atomic E-state index is 5.25. The number of hydrogen-bond donors (Lipinski definition) is 1. The number of ether oxygens (including phenoxy) is 1. The summed E-state index contributed by atoms with van der Waals surface area (Å²) in [5, 5.41) is 3.74. The molecule has 1 N–H and O–H groups in total. The van der Waals surface area contributed by atoms with Gasteiger partial charge >= 0.3 is 0 Å². The van der Waals surface area contributed by atoms with Gasteiger partial charge in [-0.05, 0) is 44.1 Å². The molecule has 3 aliphatic rings. The molecule has 4 unspecified atom stereocenters. The van der Waals surface area contributed by atoms with Gasteiger partial charge in [-0.2, -0.15) is 0 Å². The van der Waals surface area contributed by atoms with E-state index in [0.717, 1.165) is 30.5 Å². The van der Waals surface area contributed by atoms with Crippen LogP contribution in [0.2, 0.25) is 0 Å². The third-order valence-corrected chi connectivity index (χ3v) is 4.70. The summed E-state index contributed by atoms with van der Waals surface area (Å²) in [7, 11) is 1.82. The van der Waals surface area contributed by atoms with Crippen molar-refractivity contribution in [2.24, 2.45) is 11.8 Å². The number of nitrogens with one attached hydrogen (secondary N) is 1. The zero-order valence-electron chi connectivity index (χ0n) is 10.3. The first kappa shape index (κ1) is 11.0. The Kier molecular flexibility index (Phi) is 3.18. The Morgan fingerprint density at radius 2 is 2.25 bits per heavy atom. The Bertz CT molecular complexity index is 246. The highest BCUT2D eigenvalue weighted by molar-refractivity contribution is 4.98. The number of methoxy groups -OCH3 is 1. The molecular formula is C13H24N2O. The van der Waals surface area contributed by atoms with E-state index < -0.39 is 0 Å². The van der Waals surface area contributed by atoms with Crippen molar-refractivity contribution in [2.45, 2.75) is 37.8 Å². The first-order chi connectivity index (χ1) is 7.85. The van der Waals surface area contributed by atoms with Gasteiger partial charge in [0.05, 0.1) is 6.61 Å². The molecule has 0 radical (unpaired) electrons. The summed E-state index contributed by atoms with van der Waals surface area (Å²) in [5.41, 5.74) is 0. The predicted octanol–water partition coefficient (Wildman–Crippen LogP) is 1.10. The molecule has 3 heteroatoms. The fourth-order valence-corrected chi connectivity index (χ4v) is 3.92. The molecule has 92 valence electrons. The van der Waals surface area contributed by atoms with E-state index in [1.54, 1.807) is 0 Å². The van der Waals surface area contributed by atoms with Crippen molar-refractivity contribution in [3.63, 3.8) is 0 Å². The second kappa shape index (κ2) is 4.63. The molecular weight excluding hydrogens is 200 g/mol. The van der Waals surface area contributed by atoms with E-state index in [1.165, 1.54) is 45.3 Å². The molecule has 3 nitrogen and oxygen atoms in total. The van der Waals surface area contributed by atoms with E-state index in [-0.39, 0.29) is 0 Å². The van der Waals surface area contributed by atoms with Gasteiger partial charge in [0.25, 0.3) is 0 Å². The number of hydrogen-bond acceptors (Lipinski definition) is 3. The molecule has 0 spiro atoms. The van der Waals surface area contributed by atoms with Gasteiger partial charge in [0.1, 0.15) is 0 Å². The number of rotatable bonds is 4. The van der Waals surface area contributed by atoms with Crippen LogP contribution in [0.3, 0.4) is 0 Å². The Balaban J connectivity index is 1.46. The van der Waals surface area contributed by atoms with Gasteiger partial charge < -0.3 is 15.0 Å². The number of fused-ring (bicyclic) bond motifs is 2. The summed E-state index contributed by atoms with van der Waals surface area (Å²) in [4.78, 5) is 2.66. The average Bonchev–Trinajstić information content (AvgIpc) is 2.95. The van der Waals surface area contributed by atoms with Crippen LogP contribution >= 0.6 is 0 Å². The molecule has 2 bridgehead atoms. The lowest BCUT2D eigenvalue weighted by atomic mass is 9.89. The summed E-state index contributed by atoms with van der Waals surface area (Å²) in [6, 6.07) is 1.69. The van der Waals surface area contributed by atoms with Gasteiger partial charge in [-0.15, -0.1) is 0 Å². The number of likely N-dealkylation sites (tertiary alicyclic amines) is 1. The van der Waals surface area contributed by atoms with Crippen molar-refractivity contribution in [3.05, 3.63) is 0 Å². The van der Waals surface area contributed by atoms with Gasteiger partial charge in [-0.25, -0.2) is 0 Å². The lowest BCUT2D eigenvalue weighted by molar-refractivity contribution is 0.150. The quantitative estimate of drug-likeness (QED) is 0.774. The van der Waals surface area contributed by atoms with Crippen molar-refractivity contribution < 1.29 is 4.74 Å². The monoisotopic (exact) mass is 224 g/mol. The van der Waals surface area contributed by atoms with E-state index in [9.17, 15) is 0 Å². The fourth-order valence-electron chi connectivity index (χ4n) is 3.92. The maximum absolute atomic E-state index is 5.25. The van der Waals surface area contributed by atoms with Crippen LogP contribution in [0.25, 0.3) is 0 Å². The SMILES string of the molecule is COCC1CCN(CC2CC3CCC2N3)C1. The van der Waals surface area contributed by atoms with Gasteiger partial charge in [-0.1, -0.05) is 0 Å². The molecule has 0 aliphatic carbocycles. The van der Waals surface area contributed by atoms with Crippen molar-refractivity contribution in [1.82, 2.24) is 10.2 Å². The van der Waals surface area contributed by atoms with Crippen molar-refractivity contribution in [2.75, 3.05) is 33.4 Å². The van der Waals surface area contributed by atoms with Crippen LogP contribution < -0.4 is 5.32 Å². The Morgan fingerprint density at radius 3 is 2.94 bits per heavy atom.